The summed E-state index contributed by atoms with van der Waals surface area (Å²) in [5.74, 6) is 1.97. The van der Waals surface area contributed by atoms with E-state index in [0.717, 1.165) is 16.9 Å². The highest BCUT2D eigenvalue weighted by atomic mass is 16.5. The van der Waals surface area contributed by atoms with Gasteiger partial charge in [-0.15, -0.1) is 0 Å². The van der Waals surface area contributed by atoms with Crippen molar-refractivity contribution >= 4 is 5.91 Å². The van der Waals surface area contributed by atoms with Crippen LogP contribution < -0.4 is 19.5 Å². The van der Waals surface area contributed by atoms with Crippen molar-refractivity contribution in [1.29, 1.82) is 0 Å². The summed E-state index contributed by atoms with van der Waals surface area (Å²) in [6.45, 7) is 3.39. The maximum Gasteiger partial charge on any atom is 0.251 e. The van der Waals surface area contributed by atoms with Gasteiger partial charge in [0.2, 0.25) is 0 Å². The predicted molar refractivity (Wildman–Crippen MR) is 104 cm³/mol. The number of rotatable bonds is 10. The van der Waals surface area contributed by atoms with Gasteiger partial charge < -0.3 is 24.3 Å². The third-order valence-electron chi connectivity index (χ3n) is 4.07. The van der Waals surface area contributed by atoms with E-state index in [9.17, 15) is 4.79 Å². The number of carbonyl (C=O) groups excluding carboxylic acids is 1. The molecule has 146 valence electrons. The van der Waals surface area contributed by atoms with Crippen molar-refractivity contribution in [3.8, 4) is 17.2 Å². The van der Waals surface area contributed by atoms with Crippen LogP contribution in [0.1, 0.15) is 28.4 Å². The normalized spacial score (nSPS) is 10.4. The van der Waals surface area contributed by atoms with Crippen molar-refractivity contribution in [1.82, 2.24) is 5.32 Å². The molecule has 2 rings (SSSR count). The SMILES string of the molecule is CCOc1ccc(C(=O)NCCc2ccc(OC)c(OC)c2)cc1COC. The molecule has 1 N–H and O–H groups in total. The summed E-state index contributed by atoms with van der Waals surface area (Å²) in [5.41, 5.74) is 2.49. The maximum absolute atomic E-state index is 12.4. The molecule has 0 aliphatic rings. The second kappa shape index (κ2) is 10.4. The van der Waals surface area contributed by atoms with Gasteiger partial charge in [-0.3, -0.25) is 4.79 Å². The van der Waals surface area contributed by atoms with Gasteiger partial charge in [-0.2, -0.15) is 0 Å². The van der Waals surface area contributed by atoms with Crippen molar-refractivity contribution in [3.05, 3.63) is 53.1 Å². The van der Waals surface area contributed by atoms with Gasteiger partial charge in [-0.1, -0.05) is 6.07 Å². The van der Waals surface area contributed by atoms with Crippen LogP contribution in [-0.2, 0) is 17.8 Å². The summed E-state index contributed by atoms with van der Waals surface area (Å²) in [6, 6.07) is 11.1. The van der Waals surface area contributed by atoms with Gasteiger partial charge in [-0.05, 0) is 49.2 Å². The van der Waals surface area contributed by atoms with Crippen LogP contribution in [0.4, 0.5) is 0 Å². The Hall–Kier alpha value is -2.73. The smallest absolute Gasteiger partial charge is 0.251 e. The fourth-order valence-corrected chi connectivity index (χ4v) is 2.74. The highest BCUT2D eigenvalue weighted by Crippen LogP contribution is 2.27. The van der Waals surface area contributed by atoms with Crippen LogP contribution >= 0.6 is 0 Å². The Bertz CT molecular complexity index is 760. The Morgan fingerprint density at radius 3 is 2.37 bits per heavy atom. The molecular weight excluding hydrogens is 346 g/mol. The molecular formula is C21H27NO5. The van der Waals surface area contributed by atoms with Crippen molar-refractivity contribution in [2.24, 2.45) is 0 Å². The number of hydrogen-bond donors (Lipinski definition) is 1. The average molecular weight is 373 g/mol. The summed E-state index contributed by atoms with van der Waals surface area (Å²) < 4.78 is 21.3. The molecule has 6 heteroatoms. The van der Waals surface area contributed by atoms with Gasteiger partial charge in [0.15, 0.2) is 11.5 Å². The number of methoxy groups -OCH3 is 3. The number of carbonyl (C=O) groups is 1. The molecule has 0 saturated heterocycles. The lowest BCUT2D eigenvalue weighted by Gasteiger charge is -2.12. The molecule has 6 nitrogen and oxygen atoms in total. The fourth-order valence-electron chi connectivity index (χ4n) is 2.74. The van der Waals surface area contributed by atoms with E-state index in [1.54, 1.807) is 39.5 Å². The van der Waals surface area contributed by atoms with E-state index < -0.39 is 0 Å². The highest BCUT2D eigenvalue weighted by molar-refractivity contribution is 5.94. The first-order chi connectivity index (χ1) is 13.1. The van der Waals surface area contributed by atoms with Crippen LogP contribution in [0, 0.1) is 0 Å². The minimum Gasteiger partial charge on any atom is -0.494 e. The Morgan fingerprint density at radius 2 is 1.70 bits per heavy atom. The van der Waals surface area contributed by atoms with E-state index in [1.165, 1.54) is 0 Å². The van der Waals surface area contributed by atoms with Gasteiger partial charge in [-0.25, -0.2) is 0 Å². The summed E-state index contributed by atoms with van der Waals surface area (Å²) in [6.07, 6.45) is 0.689. The van der Waals surface area contributed by atoms with Gasteiger partial charge in [0.25, 0.3) is 5.91 Å². The first kappa shape index (κ1) is 20.6. The largest absolute Gasteiger partial charge is 0.494 e. The topological polar surface area (TPSA) is 66.0 Å². The zero-order chi connectivity index (χ0) is 19.6. The van der Waals surface area contributed by atoms with E-state index in [1.807, 2.05) is 25.1 Å². The molecule has 1 amide bonds. The molecule has 0 spiro atoms. The van der Waals surface area contributed by atoms with Crippen LogP contribution in [-0.4, -0.2) is 40.4 Å². The average Bonchev–Trinajstić information content (AvgIpc) is 2.69. The maximum atomic E-state index is 12.4. The first-order valence-corrected chi connectivity index (χ1v) is 8.86. The summed E-state index contributed by atoms with van der Waals surface area (Å²) in [7, 11) is 4.82. The molecule has 0 unspecified atom stereocenters. The van der Waals surface area contributed by atoms with E-state index in [4.69, 9.17) is 18.9 Å². The monoisotopic (exact) mass is 373 g/mol. The minimum absolute atomic E-state index is 0.129. The molecule has 2 aromatic rings. The van der Waals surface area contributed by atoms with Crippen LogP contribution in [0.2, 0.25) is 0 Å². The lowest BCUT2D eigenvalue weighted by atomic mass is 10.1. The highest BCUT2D eigenvalue weighted by Gasteiger charge is 2.11. The third kappa shape index (κ3) is 5.62. The zero-order valence-electron chi connectivity index (χ0n) is 16.3. The quantitative estimate of drug-likeness (QED) is 0.693. The van der Waals surface area contributed by atoms with Gasteiger partial charge in [0, 0.05) is 24.8 Å². The second-order valence-corrected chi connectivity index (χ2v) is 5.88. The standard InChI is InChI=1S/C21H27NO5/c1-5-27-18-9-7-16(13-17(18)14-24-2)21(23)22-11-10-15-6-8-19(25-3)20(12-15)26-4/h6-9,12-13H,5,10-11,14H2,1-4H3,(H,22,23). The number of ether oxygens (including phenoxy) is 4. The molecule has 0 aromatic heterocycles. The number of hydrogen-bond acceptors (Lipinski definition) is 5. The van der Waals surface area contributed by atoms with Crippen molar-refractivity contribution in [2.75, 3.05) is 34.5 Å². The van der Waals surface area contributed by atoms with Crippen LogP contribution in [0.3, 0.4) is 0 Å². The lowest BCUT2D eigenvalue weighted by Crippen LogP contribution is -2.25. The van der Waals surface area contributed by atoms with E-state index in [2.05, 4.69) is 5.32 Å². The third-order valence-corrected chi connectivity index (χ3v) is 4.07. The Kier molecular flexibility index (Phi) is 7.95. The van der Waals surface area contributed by atoms with Crippen molar-refractivity contribution < 1.29 is 23.7 Å². The molecule has 0 atom stereocenters. The Labute approximate surface area is 160 Å². The first-order valence-electron chi connectivity index (χ1n) is 8.86. The van der Waals surface area contributed by atoms with Crippen LogP contribution in [0.15, 0.2) is 36.4 Å². The molecule has 0 fully saturated rings. The molecule has 2 aromatic carbocycles. The fraction of sp³-hybridized carbons (Fsp3) is 0.381. The number of amides is 1. The molecule has 0 radical (unpaired) electrons. The predicted octanol–water partition coefficient (Wildman–Crippen LogP) is 3.22. The molecule has 0 aliphatic carbocycles. The van der Waals surface area contributed by atoms with Gasteiger partial charge >= 0.3 is 0 Å². The van der Waals surface area contributed by atoms with E-state index in [0.29, 0.717) is 43.2 Å². The van der Waals surface area contributed by atoms with Gasteiger partial charge in [0.05, 0.1) is 27.4 Å². The lowest BCUT2D eigenvalue weighted by molar-refractivity contribution is 0.0953. The Morgan fingerprint density at radius 1 is 0.963 bits per heavy atom. The molecule has 0 heterocycles. The van der Waals surface area contributed by atoms with E-state index in [-0.39, 0.29) is 5.91 Å². The van der Waals surface area contributed by atoms with Crippen molar-refractivity contribution in [2.45, 2.75) is 20.0 Å². The molecule has 0 bridgehead atoms. The second-order valence-electron chi connectivity index (χ2n) is 5.88. The summed E-state index contributed by atoms with van der Waals surface area (Å²) in [4.78, 5) is 12.4. The zero-order valence-corrected chi connectivity index (χ0v) is 16.3. The summed E-state index contributed by atoms with van der Waals surface area (Å²) >= 11 is 0. The molecule has 0 saturated carbocycles. The summed E-state index contributed by atoms with van der Waals surface area (Å²) in [5, 5.41) is 2.94. The minimum atomic E-state index is -0.129. The number of nitrogens with one attached hydrogen (secondary N) is 1. The molecule has 27 heavy (non-hydrogen) atoms. The Balaban J connectivity index is 1.98. The van der Waals surface area contributed by atoms with Crippen molar-refractivity contribution in [3.63, 3.8) is 0 Å². The van der Waals surface area contributed by atoms with Crippen LogP contribution in [0.25, 0.3) is 0 Å². The molecule has 0 aliphatic heterocycles. The van der Waals surface area contributed by atoms with Gasteiger partial charge in [0.1, 0.15) is 5.75 Å². The number of benzene rings is 2. The van der Waals surface area contributed by atoms with E-state index >= 15 is 0 Å². The van der Waals surface area contributed by atoms with Crippen LogP contribution in [0.5, 0.6) is 17.2 Å².